The van der Waals surface area contributed by atoms with Gasteiger partial charge in [-0.25, -0.2) is 0 Å². The highest BCUT2D eigenvalue weighted by Crippen LogP contribution is 2.30. The van der Waals surface area contributed by atoms with Crippen molar-refractivity contribution < 1.29 is 4.74 Å². The molecule has 2 nitrogen and oxygen atoms in total. The molecule has 3 aromatic rings. The van der Waals surface area contributed by atoms with E-state index in [2.05, 4.69) is 36.4 Å². The van der Waals surface area contributed by atoms with Crippen molar-refractivity contribution in [3.05, 3.63) is 60.7 Å². The first-order valence-electron chi connectivity index (χ1n) is 6.20. The standard InChI is InChI=1S/C17H15NO/c1-19-17-9-8-15(11-16(17)18)14-7-6-12-4-2-3-5-13(12)10-14/h2-11H,18H2,1H3. The summed E-state index contributed by atoms with van der Waals surface area (Å²) in [5.74, 6) is 0.713. The highest BCUT2D eigenvalue weighted by Gasteiger charge is 2.03. The second kappa shape index (κ2) is 4.65. The number of anilines is 1. The summed E-state index contributed by atoms with van der Waals surface area (Å²) >= 11 is 0. The molecular weight excluding hydrogens is 234 g/mol. The van der Waals surface area contributed by atoms with Gasteiger partial charge in [0, 0.05) is 0 Å². The Hall–Kier alpha value is -2.48. The van der Waals surface area contributed by atoms with Gasteiger partial charge >= 0.3 is 0 Å². The summed E-state index contributed by atoms with van der Waals surface area (Å²) in [6.45, 7) is 0. The van der Waals surface area contributed by atoms with Crippen molar-refractivity contribution in [3.63, 3.8) is 0 Å². The van der Waals surface area contributed by atoms with Crippen LogP contribution in [0.1, 0.15) is 0 Å². The molecule has 0 unspecified atom stereocenters. The minimum absolute atomic E-state index is 0.660. The molecule has 0 radical (unpaired) electrons. The number of nitrogens with two attached hydrogens (primary N) is 1. The molecule has 3 rings (SSSR count). The third kappa shape index (κ3) is 2.13. The van der Waals surface area contributed by atoms with Gasteiger partial charge in [0.25, 0.3) is 0 Å². The number of rotatable bonds is 2. The van der Waals surface area contributed by atoms with E-state index in [1.807, 2.05) is 24.3 Å². The van der Waals surface area contributed by atoms with Gasteiger partial charge in [-0.05, 0) is 40.1 Å². The lowest BCUT2D eigenvalue weighted by Gasteiger charge is -2.08. The number of hydrogen-bond donors (Lipinski definition) is 1. The number of nitrogen functional groups attached to an aromatic ring is 1. The van der Waals surface area contributed by atoms with Gasteiger partial charge in [0.1, 0.15) is 5.75 Å². The predicted molar refractivity (Wildman–Crippen MR) is 80.3 cm³/mol. The number of ether oxygens (including phenoxy) is 1. The second-order valence-corrected chi connectivity index (χ2v) is 4.52. The van der Waals surface area contributed by atoms with Crippen LogP contribution in [-0.4, -0.2) is 7.11 Å². The van der Waals surface area contributed by atoms with Crippen LogP contribution < -0.4 is 10.5 Å². The van der Waals surface area contributed by atoms with Crippen molar-refractivity contribution in [2.24, 2.45) is 0 Å². The molecule has 19 heavy (non-hydrogen) atoms. The van der Waals surface area contributed by atoms with E-state index in [-0.39, 0.29) is 0 Å². The molecule has 0 aliphatic carbocycles. The van der Waals surface area contributed by atoms with Crippen LogP contribution in [0.15, 0.2) is 60.7 Å². The normalized spacial score (nSPS) is 10.6. The van der Waals surface area contributed by atoms with Crippen LogP contribution in [-0.2, 0) is 0 Å². The molecule has 0 atom stereocenters. The molecule has 2 N–H and O–H groups in total. The molecule has 0 aliphatic heterocycles. The van der Waals surface area contributed by atoms with Crippen molar-refractivity contribution in [1.82, 2.24) is 0 Å². The minimum Gasteiger partial charge on any atom is -0.495 e. The Labute approximate surface area is 112 Å². The average Bonchev–Trinajstić information content (AvgIpc) is 2.46. The molecular formula is C17H15NO. The van der Waals surface area contributed by atoms with Gasteiger partial charge in [-0.1, -0.05) is 42.5 Å². The van der Waals surface area contributed by atoms with Gasteiger partial charge in [-0.2, -0.15) is 0 Å². The Balaban J connectivity index is 2.11. The molecule has 0 bridgehead atoms. The minimum atomic E-state index is 0.660. The molecule has 0 aliphatic rings. The first-order valence-corrected chi connectivity index (χ1v) is 6.20. The van der Waals surface area contributed by atoms with Crippen LogP contribution in [0.4, 0.5) is 5.69 Å². The van der Waals surface area contributed by atoms with Crippen LogP contribution in [0.2, 0.25) is 0 Å². The molecule has 94 valence electrons. The fourth-order valence-electron chi connectivity index (χ4n) is 2.28. The summed E-state index contributed by atoms with van der Waals surface area (Å²) in [5.41, 5.74) is 8.88. The summed E-state index contributed by atoms with van der Waals surface area (Å²) < 4.78 is 5.18. The van der Waals surface area contributed by atoms with Gasteiger partial charge in [0.15, 0.2) is 0 Å². The van der Waals surface area contributed by atoms with Crippen molar-refractivity contribution in [2.45, 2.75) is 0 Å². The largest absolute Gasteiger partial charge is 0.495 e. The Bertz CT molecular complexity index is 734. The summed E-state index contributed by atoms with van der Waals surface area (Å²) in [4.78, 5) is 0. The second-order valence-electron chi connectivity index (χ2n) is 4.52. The maximum Gasteiger partial charge on any atom is 0.141 e. The average molecular weight is 249 g/mol. The fourth-order valence-corrected chi connectivity index (χ4v) is 2.28. The van der Waals surface area contributed by atoms with E-state index in [4.69, 9.17) is 10.5 Å². The Kier molecular flexibility index (Phi) is 2.84. The molecule has 0 amide bonds. The first-order chi connectivity index (χ1) is 9.28. The SMILES string of the molecule is COc1ccc(-c2ccc3ccccc3c2)cc1N. The van der Waals surface area contributed by atoms with E-state index in [9.17, 15) is 0 Å². The monoisotopic (exact) mass is 249 g/mol. The van der Waals surface area contributed by atoms with Gasteiger partial charge in [-0.3, -0.25) is 0 Å². The molecule has 0 heterocycles. The van der Waals surface area contributed by atoms with Gasteiger partial charge in [0.05, 0.1) is 12.8 Å². The predicted octanol–water partition coefficient (Wildman–Crippen LogP) is 4.10. The van der Waals surface area contributed by atoms with E-state index < -0.39 is 0 Å². The Morgan fingerprint density at radius 1 is 0.789 bits per heavy atom. The van der Waals surface area contributed by atoms with Crippen molar-refractivity contribution >= 4 is 16.5 Å². The van der Waals surface area contributed by atoms with E-state index in [0.29, 0.717) is 11.4 Å². The molecule has 3 aromatic carbocycles. The Morgan fingerprint density at radius 3 is 2.21 bits per heavy atom. The quantitative estimate of drug-likeness (QED) is 0.694. The third-order valence-corrected chi connectivity index (χ3v) is 3.31. The van der Waals surface area contributed by atoms with Gasteiger partial charge < -0.3 is 10.5 Å². The lowest BCUT2D eigenvalue weighted by atomic mass is 10.0. The van der Waals surface area contributed by atoms with Crippen molar-refractivity contribution in [2.75, 3.05) is 12.8 Å². The van der Waals surface area contributed by atoms with Crippen LogP contribution in [0, 0.1) is 0 Å². The smallest absolute Gasteiger partial charge is 0.141 e. The van der Waals surface area contributed by atoms with Crippen LogP contribution >= 0.6 is 0 Å². The van der Waals surface area contributed by atoms with Gasteiger partial charge in [-0.15, -0.1) is 0 Å². The highest BCUT2D eigenvalue weighted by atomic mass is 16.5. The molecule has 2 heteroatoms. The Morgan fingerprint density at radius 2 is 1.47 bits per heavy atom. The zero-order chi connectivity index (χ0) is 13.2. The maximum absolute atomic E-state index is 5.96. The zero-order valence-electron chi connectivity index (χ0n) is 10.8. The van der Waals surface area contributed by atoms with Crippen molar-refractivity contribution in [1.29, 1.82) is 0 Å². The molecule has 0 spiro atoms. The number of benzene rings is 3. The molecule has 0 saturated heterocycles. The number of fused-ring (bicyclic) bond motifs is 1. The van der Waals surface area contributed by atoms with E-state index in [0.717, 1.165) is 11.1 Å². The summed E-state index contributed by atoms with van der Waals surface area (Å²) in [6, 6.07) is 20.6. The van der Waals surface area contributed by atoms with Crippen molar-refractivity contribution in [3.8, 4) is 16.9 Å². The lowest BCUT2D eigenvalue weighted by molar-refractivity contribution is 0.417. The molecule has 0 aromatic heterocycles. The zero-order valence-corrected chi connectivity index (χ0v) is 10.8. The fraction of sp³-hybridized carbons (Fsp3) is 0.0588. The van der Waals surface area contributed by atoms with Crippen LogP contribution in [0.25, 0.3) is 21.9 Å². The van der Waals surface area contributed by atoms with E-state index in [1.54, 1.807) is 7.11 Å². The van der Waals surface area contributed by atoms with E-state index >= 15 is 0 Å². The van der Waals surface area contributed by atoms with Crippen LogP contribution in [0.3, 0.4) is 0 Å². The number of hydrogen-bond acceptors (Lipinski definition) is 2. The summed E-state index contributed by atoms with van der Waals surface area (Å²) in [6.07, 6.45) is 0. The maximum atomic E-state index is 5.96. The lowest BCUT2D eigenvalue weighted by Crippen LogP contribution is -1.92. The summed E-state index contributed by atoms with van der Waals surface area (Å²) in [5, 5.41) is 2.47. The van der Waals surface area contributed by atoms with E-state index in [1.165, 1.54) is 10.8 Å². The molecule has 0 saturated carbocycles. The number of methoxy groups -OCH3 is 1. The molecule has 0 fully saturated rings. The van der Waals surface area contributed by atoms with Crippen LogP contribution in [0.5, 0.6) is 5.75 Å². The topological polar surface area (TPSA) is 35.2 Å². The highest BCUT2D eigenvalue weighted by molar-refractivity contribution is 5.87. The summed E-state index contributed by atoms with van der Waals surface area (Å²) in [7, 11) is 1.63. The van der Waals surface area contributed by atoms with Gasteiger partial charge in [0.2, 0.25) is 0 Å². The third-order valence-electron chi connectivity index (χ3n) is 3.31. The first kappa shape index (κ1) is 11.6.